The third-order valence-corrected chi connectivity index (χ3v) is 6.59. The molecular weight excluding hydrogens is 424 g/mol. The van der Waals surface area contributed by atoms with E-state index in [4.69, 9.17) is 0 Å². The Morgan fingerprint density at radius 3 is 2.66 bits per heavy atom. The molecule has 9 heteroatoms. The van der Waals surface area contributed by atoms with Crippen molar-refractivity contribution in [2.24, 2.45) is 0 Å². The lowest BCUT2D eigenvalue weighted by Crippen LogP contribution is -2.48. The first-order valence-corrected chi connectivity index (χ1v) is 11.6. The van der Waals surface area contributed by atoms with E-state index in [1.165, 1.54) is 11.3 Å². The average Bonchev–Trinajstić information content (AvgIpc) is 3.47. The zero-order chi connectivity index (χ0) is 22.1. The molecule has 0 bridgehead atoms. The fourth-order valence-corrected chi connectivity index (χ4v) is 4.90. The van der Waals surface area contributed by atoms with Gasteiger partial charge in [-0.25, -0.2) is 9.67 Å². The Balaban J connectivity index is 1.26. The number of para-hydroxylation sites is 1. The molecule has 164 valence electrons. The standard InChI is InChI=1S/C23H24N6O2S/c1-2-20-19(15-24-29(20)18-6-4-3-5-7-18)22(31)27-10-8-26(9-11-27)16-17-14-21(30)28-12-13-32-23(28)25-17/h3-7,12-15H,2,8-11,16H2,1H3. The van der Waals surface area contributed by atoms with E-state index >= 15 is 0 Å². The lowest BCUT2D eigenvalue weighted by Gasteiger charge is -2.34. The molecule has 1 aliphatic heterocycles. The first kappa shape index (κ1) is 20.6. The predicted octanol–water partition coefficient (Wildman–Crippen LogP) is 2.46. The number of aromatic nitrogens is 4. The summed E-state index contributed by atoms with van der Waals surface area (Å²) in [6.07, 6.45) is 4.16. The first-order valence-electron chi connectivity index (χ1n) is 10.7. The summed E-state index contributed by atoms with van der Waals surface area (Å²) in [4.78, 5) is 34.9. The predicted molar refractivity (Wildman–Crippen MR) is 123 cm³/mol. The van der Waals surface area contributed by atoms with E-state index in [0.717, 1.165) is 36.6 Å². The average molecular weight is 449 g/mol. The molecule has 1 aromatic carbocycles. The van der Waals surface area contributed by atoms with Crippen LogP contribution in [0.4, 0.5) is 0 Å². The van der Waals surface area contributed by atoms with Crippen LogP contribution in [0.5, 0.6) is 0 Å². The smallest absolute Gasteiger partial charge is 0.258 e. The van der Waals surface area contributed by atoms with Gasteiger partial charge in [-0.1, -0.05) is 25.1 Å². The largest absolute Gasteiger partial charge is 0.336 e. The Morgan fingerprint density at radius 1 is 1.12 bits per heavy atom. The molecular formula is C23H24N6O2S. The third kappa shape index (κ3) is 3.85. The molecule has 8 nitrogen and oxygen atoms in total. The molecule has 1 fully saturated rings. The molecule has 3 aromatic heterocycles. The summed E-state index contributed by atoms with van der Waals surface area (Å²) in [6, 6.07) is 11.5. The maximum atomic E-state index is 13.2. The SMILES string of the molecule is CCc1c(C(=O)N2CCN(Cc3cc(=O)n4ccsc4n3)CC2)cnn1-c1ccccc1. The van der Waals surface area contributed by atoms with Gasteiger partial charge in [0.15, 0.2) is 4.96 Å². The molecule has 0 unspecified atom stereocenters. The van der Waals surface area contributed by atoms with Gasteiger partial charge >= 0.3 is 0 Å². The van der Waals surface area contributed by atoms with Gasteiger partial charge in [-0.2, -0.15) is 5.10 Å². The van der Waals surface area contributed by atoms with Crippen molar-refractivity contribution in [3.05, 3.63) is 81.5 Å². The Morgan fingerprint density at radius 2 is 1.91 bits per heavy atom. The molecule has 0 radical (unpaired) electrons. The molecule has 0 spiro atoms. The zero-order valence-corrected chi connectivity index (χ0v) is 18.7. The van der Waals surface area contributed by atoms with Crippen LogP contribution in [0.15, 0.2) is 59.0 Å². The minimum absolute atomic E-state index is 0.0278. The first-order chi connectivity index (χ1) is 15.6. The number of amides is 1. The van der Waals surface area contributed by atoms with Crippen LogP contribution in [0, 0.1) is 0 Å². The van der Waals surface area contributed by atoms with Crippen LogP contribution in [-0.2, 0) is 13.0 Å². The molecule has 0 N–H and O–H groups in total. The quantitative estimate of drug-likeness (QED) is 0.469. The van der Waals surface area contributed by atoms with Crippen molar-refractivity contribution in [1.82, 2.24) is 29.0 Å². The Bertz CT molecular complexity index is 1300. The number of benzene rings is 1. The summed E-state index contributed by atoms with van der Waals surface area (Å²) in [6.45, 7) is 5.41. The van der Waals surface area contributed by atoms with E-state index in [9.17, 15) is 9.59 Å². The van der Waals surface area contributed by atoms with Crippen LogP contribution >= 0.6 is 11.3 Å². The lowest BCUT2D eigenvalue weighted by molar-refractivity contribution is 0.0626. The van der Waals surface area contributed by atoms with Gasteiger partial charge in [0.1, 0.15) is 0 Å². The summed E-state index contributed by atoms with van der Waals surface area (Å²) in [5, 5.41) is 6.36. The van der Waals surface area contributed by atoms with Crippen molar-refractivity contribution >= 4 is 22.2 Å². The molecule has 1 aliphatic rings. The molecule has 4 aromatic rings. The minimum atomic E-state index is -0.0532. The van der Waals surface area contributed by atoms with E-state index in [0.29, 0.717) is 30.2 Å². The third-order valence-electron chi connectivity index (χ3n) is 5.84. The van der Waals surface area contributed by atoms with Crippen molar-refractivity contribution in [3.8, 4) is 5.69 Å². The van der Waals surface area contributed by atoms with Crippen molar-refractivity contribution in [1.29, 1.82) is 0 Å². The summed E-state index contributed by atoms with van der Waals surface area (Å²) in [5.74, 6) is 0.0278. The number of fused-ring (bicyclic) bond motifs is 1. The normalized spacial score (nSPS) is 14.8. The Labute approximate surface area is 189 Å². The number of hydrogen-bond donors (Lipinski definition) is 0. The van der Waals surface area contributed by atoms with Gasteiger partial charge in [-0.05, 0) is 18.6 Å². The van der Waals surface area contributed by atoms with Crippen LogP contribution < -0.4 is 5.56 Å². The highest BCUT2D eigenvalue weighted by Gasteiger charge is 2.26. The fourth-order valence-electron chi connectivity index (χ4n) is 4.16. The summed E-state index contributed by atoms with van der Waals surface area (Å²) in [7, 11) is 0. The van der Waals surface area contributed by atoms with E-state index in [1.54, 1.807) is 22.9 Å². The van der Waals surface area contributed by atoms with Crippen LogP contribution in [0.1, 0.15) is 28.7 Å². The highest BCUT2D eigenvalue weighted by atomic mass is 32.1. The summed E-state index contributed by atoms with van der Waals surface area (Å²) < 4.78 is 3.42. The van der Waals surface area contributed by atoms with Gasteiger partial charge in [0.2, 0.25) is 0 Å². The molecule has 32 heavy (non-hydrogen) atoms. The molecule has 1 amide bonds. The van der Waals surface area contributed by atoms with Crippen molar-refractivity contribution in [2.75, 3.05) is 26.2 Å². The number of nitrogens with zero attached hydrogens (tertiary/aromatic N) is 6. The highest BCUT2D eigenvalue weighted by molar-refractivity contribution is 7.15. The highest BCUT2D eigenvalue weighted by Crippen LogP contribution is 2.19. The Kier molecular flexibility index (Phi) is 5.59. The van der Waals surface area contributed by atoms with Gasteiger partial charge in [0, 0.05) is 50.4 Å². The number of thiazole rings is 1. The van der Waals surface area contributed by atoms with Crippen molar-refractivity contribution in [3.63, 3.8) is 0 Å². The van der Waals surface area contributed by atoms with Gasteiger partial charge in [-0.3, -0.25) is 18.9 Å². The van der Waals surface area contributed by atoms with Crippen molar-refractivity contribution in [2.45, 2.75) is 19.9 Å². The molecule has 0 saturated carbocycles. The van der Waals surface area contributed by atoms with E-state index in [2.05, 4.69) is 15.0 Å². The van der Waals surface area contributed by atoms with Crippen LogP contribution in [0.25, 0.3) is 10.6 Å². The van der Waals surface area contributed by atoms with Gasteiger partial charge < -0.3 is 4.90 Å². The maximum absolute atomic E-state index is 13.2. The maximum Gasteiger partial charge on any atom is 0.258 e. The minimum Gasteiger partial charge on any atom is -0.336 e. The number of carbonyl (C=O) groups excluding carboxylic acids is 1. The monoisotopic (exact) mass is 448 g/mol. The van der Waals surface area contributed by atoms with Crippen molar-refractivity contribution < 1.29 is 4.79 Å². The summed E-state index contributed by atoms with van der Waals surface area (Å²) >= 11 is 1.46. The fraction of sp³-hybridized carbons (Fsp3) is 0.304. The second kappa shape index (κ2) is 8.68. The van der Waals surface area contributed by atoms with Gasteiger partial charge in [0.05, 0.1) is 28.8 Å². The van der Waals surface area contributed by atoms with E-state index in [1.807, 2.05) is 52.2 Å². The topological polar surface area (TPSA) is 75.7 Å². The van der Waals surface area contributed by atoms with Gasteiger partial charge in [-0.15, -0.1) is 11.3 Å². The van der Waals surface area contributed by atoms with Gasteiger partial charge in [0.25, 0.3) is 11.5 Å². The summed E-state index contributed by atoms with van der Waals surface area (Å²) in [5.41, 5.74) is 3.27. The lowest BCUT2D eigenvalue weighted by atomic mass is 10.1. The molecule has 0 atom stereocenters. The zero-order valence-electron chi connectivity index (χ0n) is 17.8. The molecule has 1 saturated heterocycles. The molecule has 5 rings (SSSR count). The second-order valence-corrected chi connectivity index (χ2v) is 8.69. The van der Waals surface area contributed by atoms with E-state index in [-0.39, 0.29) is 11.5 Å². The van der Waals surface area contributed by atoms with Crippen LogP contribution in [0.3, 0.4) is 0 Å². The number of hydrogen-bond acceptors (Lipinski definition) is 6. The number of rotatable bonds is 5. The van der Waals surface area contributed by atoms with Crippen LogP contribution in [-0.4, -0.2) is 61.1 Å². The molecule has 4 heterocycles. The molecule has 0 aliphatic carbocycles. The Hall–Kier alpha value is -3.30. The number of piperazine rings is 1. The van der Waals surface area contributed by atoms with E-state index < -0.39 is 0 Å². The number of carbonyl (C=O) groups is 1. The second-order valence-electron chi connectivity index (χ2n) is 7.82. The van der Waals surface area contributed by atoms with Crippen LogP contribution in [0.2, 0.25) is 0 Å².